The van der Waals surface area contributed by atoms with Crippen LogP contribution in [-0.4, -0.2) is 32.2 Å². The molecule has 0 saturated heterocycles. The Morgan fingerprint density at radius 2 is 0.826 bits per heavy atom. The summed E-state index contributed by atoms with van der Waals surface area (Å²) >= 11 is 8.96. The quantitative estimate of drug-likeness (QED) is 0.0574. The van der Waals surface area contributed by atoms with Crippen LogP contribution < -0.4 is 9.47 Å². The summed E-state index contributed by atoms with van der Waals surface area (Å²) in [6.07, 6.45) is 31.4. The molecule has 2 unspecified atom stereocenters. The third-order valence-electron chi connectivity index (χ3n) is 9.64. The van der Waals surface area contributed by atoms with E-state index in [1.807, 2.05) is 0 Å². The van der Waals surface area contributed by atoms with Gasteiger partial charge in [0.2, 0.25) is 5.79 Å². The van der Waals surface area contributed by atoms with Crippen LogP contribution in [0.5, 0.6) is 11.5 Å². The molecule has 0 bridgehead atoms. The smallest absolute Gasteiger partial charge is 0.238 e. The number of hydrogen-bond donors (Lipinski definition) is 0. The van der Waals surface area contributed by atoms with Crippen molar-refractivity contribution in [3.8, 4) is 11.5 Å². The van der Waals surface area contributed by atoms with Gasteiger partial charge in [-0.1, -0.05) is 156 Å². The lowest BCUT2D eigenvalue weighted by molar-refractivity contribution is -0.269. The van der Waals surface area contributed by atoms with E-state index < -0.39 is 5.79 Å². The lowest BCUT2D eigenvalue weighted by Crippen LogP contribution is -2.48. The molecular formula is C39H70Br2O4S. The van der Waals surface area contributed by atoms with E-state index in [4.69, 9.17) is 18.9 Å². The van der Waals surface area contributed by atoms with Crippen molar-refractivity contribution >= 4 is 43.2 Å². The molecule has 2 heterocycles. The van der Waals surface area contributed by atoms with Crippen LogP contribution in [0.15, 0.2) is 7.57 Å². The first-order chi connectivity index (χ1) is 22.5. The van der Waals surface area contributed by atoms with Crippen LogP contribution in [0.1, 0.15) is 182 Å². The maximum absolute atomic E-state index is 6.91. The van der Waals surface area contributed by atoms with Gasteiger partial charge >= 0.3 is 0 Å². The predicted octanol–water partition coefficient (Wildman–Crippen LogP) is 14.4. The van der Waals surface area contributed by atoms with E-state index >= 15 is 0 Å². The van der Waals surface area contributed by atoms with Crippen LogP contribution in [0.4, 0.5) is 0 Å². The van der Waals surface area contributed by atoms with E-state index in [0.29, 0.717) is 38.3 Å². The first kappa shape index (κ1) is 42.3. The lowest BCUT2D eigenvalue weighted by Gasteiger charge is -2.34. The van der Waals surface area contributed by atoms with Crippen molar-refractivity contribution in [1.82, 2.24) is 0 Å². The third-order valence-corrected chi connectivity index (χ3v) is 12.1. The molecule has 1 aromatic rings. The average molecular weight is 795 g/mol. The summed E-state index contributed by atoms with van der Waals surface area (Å²) in [5.41, 5.74) is 0. The molecule has 4 nitrogen and oxygen atoms in total. The summed E-state index contributed by atoms with van der Waals surface area (Å²) in [7, 11) is 0. The van der Waals surface area contributed by atoms with Crippen molar-refractivity contribution < 1.29 is 18.9 Å². The molecule has 0 radical (unpaired) electrons. The molecule has 0 amide bonds. The fourth-order valence-electron chi connectivity index (χ4n) is 6.52. The van der Waals surface area contributed by atoms with E-state index in [2.05, 4.69) is 59.6 Å². The molecule has 0 spiro atoms. The maximum Gasteiger partial charge on any atom is 0.238 e. The SMILES string of the molecule is CCCCCCCCC(CCCCCC)COC1(OCC(CCCCCC)CCCCCCCC)COc2c(Br)sc(Br)c2OC1. The minimum Gasteiger partial charge on any atom is -0.482 e. The van der Waals surface area contributed by atoms with Crippen LogP contribution in [0, 0.1) is 11.8 Å². The summed E-state index contributed by atoms with van der Waals surface area (Å²) in [6.45, 7) is 11.3. The zero-order valence-electron chi connectivity index (χ0n) is 30.3. The number of hydrogen-bond acceptors (Lipinski definition) is 5. The highest BCUT2D eigenvalue weighted by Gasteiger charge is 2.40. The number of fused-ring (bicyclic) bond motifs is 1. The van der Waals surface area contributed by atoms with Crippen molar-refractivity contribution in [3.63, 3.8) is 0 Å². The minimum absolute atomic E-state index is 0.348. The average Bonchev–Trinajstić information content (AvgIpc) is 3.20. The zero-order valence-corrected chi connectivity index (χ0v) is 34.2. The van der Waals surface area contributed by atoms with Crippen LogP contribution in [-0.2, 0) is 9.47 Å². The monoisotopic (exact) mass is 792 g/mol. The molecule has 2 atom stereocenters. The second-order valence-electron chi connectivity index (χ2n) is 14.0. The van der Waals surface area contributed by atoms with E-state index in [9.17, 15) is 0 Å². The van der Waals surface area contributed by atoms with E-state index in [0.717, 1.165) is 19.1 Å². The van der Waals surface area contributed by atoms with Gasteiger partial charge in [0.25, 0.3) is 0 Å². The molecule has 0 aromatic carbocycles. The first-order valence-corrected chi connectivity index (χ1v) is 21.9. The summed E-state index contributed by atoms with van der Waals surface area (Å²) in [6, 6.07) is 0. The summed E-state index contributed by atoms with van der Waals surface area (Å²) in [4.78, 5) is 0. The van der Waals surface area contributed by atoms with Gasteiger partial charge < -0.3 is 18.9 Å². The van der Waals surface area contributed by atoms with E-state index in [-0.39, 0.29) is 0 Å². The molecule has 2 rings (SSSR count). The Morgan fingerprint density at radius 1 is 0.522 bits per heavy atom. The Balaban J connectivity index is 2.10. The highest BCUT2D eigenvalue weighted by atomic mass is 79.9. The standard InChI is InChI=1S/C39H70Br2O4S/c1-5-9-13-17-19-23-27-33(25-21-15-11-7-3)29-44-39(31-42-35-36(43-32-39)38(41)46-37(35)40)45-30-34(26-22-16-12-8-4)28-24-20-18-14-10-6-2/h33-34H,5-32H2,1-4H3. The van der Waals surface area contributed by atoms with Gasteiger partial charge in [-0.15, -0.1) is 11.3 Å². The topological polar surface area (TPSA) is 36.9 Å². The summed E-state index contributed by atoms with van der Waals surface area (Å²) < 4.78 is 28.6. The fraction of sp³-hybridized carbons (Fsp3) is 0.897. The molecule has 1 aromatic heterocycles. The van der Waals surface area contributed by atoms with Gasteiger partial charge in [0.05, 0.1) is 13.2 Å². The van der Waals surface area contributed by atoms with Crippen LogP contribution >= 0.6 is 43.2 Å². The molecule has 7 heteroatoms. The molecule has 0 fully saturated rings. The van der Waals surface area contributed by atoms with Crippen molar-refractivity contribution in [3.05, 3.63) is 7.57 Å². The molecular weight excluding hydrogens is 724 g/mol. The van der Waals surface area contributed by atoms with Gasteiger partial charge in [0, 0.05) is 0 Å². The number of unbranched alkanes of at least 4 members (excludes halogenated alkanes) is 16. The van der Waals surface area contributed by atoms with Crippen LogP contribution in [0.2, 0.25) is 0 Å². The molecule has 46 heavy (non-hydrogen) atoms. The number of halogens is 2. The normalized spacial score (nSPS) is 15.6. The Kier molecular flexibility index (Phi) is 24.8. The summed E-state index contributed by atoms with van der Waals surface area (Å²) in [5, 5.41) is 0. The van der Waals surface area contributed by atoms with Crippen molar-refractivity contribution in [2.45, 2.75) is 188 Å². The third kappa shape index (κ3) is 17.7. The number of rotatable bonds is 30. The lowest BCUT2D eigenvalue weighted by atomic mass is 9.94. The number of ether oxygens (including phenoxy) is 4. The second-order valence-corrected chi connectivity index (χ2v) is 17.6. The van der Waals surface area contributed by atoms with Crippen molar-refractivity contribution in [1.29, 1.82) is 0 Å². The molecule has 1 aliphatic heterocycles. The Bertz CT molecular complexity index is 797. The minimum atomic E-state index is -0.902. The Morgan fingerprint density at radius 3 is 1.17 bits per heavy atom. The van der Waals surface area contributed by atoms with Gasteiger partial charge in [0.15, 0.2) is 11.5 Å². The largest absolute Gasteiger partial charge is 0.482 e. The molecule has 0 N–H and O–H groups in total. The van der Waals surface area contributed by atoms with Gasteiger partial charge in [-0.25, -0.2) is 0 Å². The van der Waals surface area contributed by atoms with Crippen molar-refractivity contribution in [2.75, 3.05) is 26.4 Å². The van der Waals surface area contributed by atoms with E-state index in [1.165, 1.54) is 154 Å². The highest BCUT2D eigenvalue weighted by Crippen LogP contribution is 2.50. The van der Waals surface area contributed by atoms with Gasteiger partial charge in [-0.2, -0.15) is 0 Å². The van der Waals surface area contributed by atoms with Crippen molar-refractivity contribution in [2.24, 2.45) is 11.8 Å². The molecule has 0 aliphatic carbocycles. The Labute approximate surface area is 305 Å². The molecule has 270 valence electrons. The van der Waals surface area contributed by atoms with Gasteiger partial charge in [-0.3, -0.25) is 0 Å². The van der Waals surface area contributed by atoms with E-state index in [1.54, 1.807) is 11.3 Å². The number of thiophene rings is 1. The zero-order chi connectivity index (χ0) is 33.3. The fourth-order valence-corrected chi connectivity index (χ4v) is 9.37. The second kappa shape index (κ2) is 27.0. The Hall–Kier alpha value is 0.180. The van der Waals surface area contributed by atoms with Crippen LogP contribution in [0.25, 0.3) is 0 Å². The highest BCUT2D eigenvalue weighted by molar-refractivity contribution is 9.12. The first-order valence-electron chi connectivity index (χ1n) is 19.5. The van der Waals surface area contributed by atoms with Gasteiger partial charge in [-0.05, 0) is 69.4 Å². The predicted molar refractivity (Wildman–Crippen MR) is 206 cm³/mol. The van der Waals surface area contributed by atoms with Crippen LogP contribution in [0.3, 0.4) is 0 Å². The molecule has 1 aliphatic rings. The maximum atomic E-state index is 6.91. The summed E-state index contributed by atoms with van der Waals surface area (Å²) in [5.74, 6) is 1.72. The van der Waals surface area contributed by atoms with Gasteiger partial charge in [0.1, 0.15) is 20.8 Å². The molecule has 0 saturated carbocycles.